The second-order valence-electron chi connectivity index (χ2n) is 5.83. The Morgan fingerprint density at radius 3 is 2.70 bits per heavy atom. The van der Waals surface area contributed by atoms with Crippen molar-refractivity contribution in [3.8, 4) is 22.8 Å². The Bertz CT molecular complexity index is 1060. The van der Waals surface area contributed by atoms with Gasteiger partial charge >= 0.3 is 0 Å². The maximum atomic E-state index is 6.03. The molecule has 0 amide bonds. The number of hydrogen-bond donors (Lipinski definition) is 0. The molecular formula is C18H15ClN6OS. The minimum absolute atomic E-state index is 0.0846. The first-order chi connectivity index (χ1) is 13.1. The molecule has 3 aromatic heterocycles. The smallest absolute Gasteiger partial charge is 0.240 e. The number of halogens is 1. The fraction of sp³-hybridized carbons (Fsp3) is 0.167. The molecule has 0 aliphatic rings. The lowest BCUT2D eigenvalue weighted by Crippen LogP contribution is -1.97. The van der Waals surface area contributed by atoms with Gasteiger partial charge in [0.1, 0.15) is 0 Å². The lowest BCUT2D eigenvalue weighted by atomic mass is 10.2. The maximum absolute atomic E-state index is 6.03. The van der Waals surface area contributed by atoms with Crippen molar-refractivity contribution >= 4 is 23.4 Å². The Hall–Kier alpha value is -2.71. The SMILES string of the molecule is CC(Sc1nnc(-c2ccncc2)n1C)c1nc(-c2cccc(Cl)c2)no1. The van der Waals surface area contributed by atoms with Gasteiger partial charge in [-0.05, 0) is 31.2 Å². The Labute approximate surface area is 164 Å². The minimum atomic E-state index is -0.0846. The van der Waals surface area contributed by atoms with E-state index in [2.05, 4.69) is 25.3 Å². The molecule has 136 valence electrons. The highest BCUT2D eigenvalue weighted by molar-refractivity contribution is 7.99. The van der Waals surface area contributed by atoms with Crippen molar-refractivity contribution in [2.45, 2.75) is 17.3 Å². The van der Waals surface area contributed by atoms with Crippen molar-refractivity contribution in [3.05, 3.63) is 59.7 Å². The fourth-order valence-corrected chi connectivity index (χ4v) is 3.56. The van der Waals surface area contributed by atoms with Crippen molar-refractivity contribution in [1.29, 1.82) is 0 Å². The van der Waals surface area contributed by atoms with Crippen LogP contribution in [0.2, 0.25) is 5.02 Å². The van der Waals surface area contributed by atoms with E-state index in [4.69, 9.17) is 16.1 Å². The molecule has 4 rings (SSSR count). The summed E-state index contributed by atoms with van der Waals surface area (Å²) in [7, 11) is 1.93. The predicted octanol–water partition coefficient (Wildman–Crippen LogP) is 4.43. The Morgan fingerprint density at radius 2 is 1.93 bits per heavy atom. The van der Waals surface area contributed by atoms with Crippen LogP contribution in [0, 0.1) is 0 Å². The van der Waals surface area contributed by atoms with Crippen molar-refractivity contribution in [1.82, 2.24) is 29.9 Å². The predicted molar refractivity (Wildman–Crippen MR) is 103 cm³/mol. The number of aromatic nitrogens is 6. The van der Waals surface area contributed by atoms with Gasteiger partial charge in [-0.25, -0.2) is 0 Å². The van der Waals surface area contributed by atoms with Crippen LogP contribution in [0.25, 0.3) is 22.8 Å². The summed E-state index contributed by atoms with van der Waals surface area (Å²) in [5, 5.41) is 13.9. The third kappa shape index (κ3) is 3.72. The van der Waals surface area contributed by atoms with E-state index in [1.165, 1.54) is 11.8 Å². The molecule has 1 atom stereocenters. The Kier molecular flexibility index (Phi) is 4.91. The van der Waals surface area contributed by atoms with E-state index in [1.54, 1.807) is 24.5 Å². The molecule has 0 aliphatic heterocycles. The first-order valence-corrected chi connectivity index (χ1v) is 9.43. The molecule has 4 aromatic rings. The molecule has 0 aliphatic carbocycles. The lowest BCUT2D eigenvalue weighted by Gasteiger charge is -2.06. The van der Waals surface area contributed by atoms with Crippen molar-refractivity contribution < 1.29 is 4.52 Å². The molecule has 7 nitrogen and oxygen atoms in total. The summed E-state index contributed by atoms with van der Waals surface area (Å²) in [4.78, 5) is 8.52. The molecule has 1 aromatic carbocycles. The standard InChI is InChI=1S/C18H15ClN6OS/c1-11(17-21-15(24-26-17)13-4-3-5-14(19)10-13)27-18-23-22-16(25(18)2)12-6-8-20-9-7-12/h3-11H,1-2H3. The Morgan fingerprint density at radius 1 is 1.11 bits per heavy atom. The zero-order valence-corrected chi connectivity index (χ0v) is 16.1. The summed E-state index contributed by atoms with van der Waals surface area (Å²) in [6.45, 7) is 1.99. The van der Waals surface area contributed by atoms with Gasteiger partial charge in [0.2, 0.25) is 11.7 Å². The molecule has 0 radical (unpaired) electrons. The van der Waals surface area contributed by atoms with Crippen LogP contribution in [-0.2, 0) is 7.05 Å². The molecule has 0 fully saturated rings. The summed E-state index contributed by atoms with van der Waals surface area (Å²) in [6, 6.07) is 11.2. The zero-order chi connectivity index (χ0) is 18.8. The highest BCUT2D eigenvalue weighted by Crippen LogP contribution is 2.34. The van der Waals surface area contributed by atoms with Gasteiger partial charge in [-0.2, -0.15) is 4.98 Å². The van der Waals surface area contributed by atoms with Gasteiger partial charge in [0.15, 0.2) is 11.0 Å². The first-order valence-electron chi connectivity index (χ1n) is 8.18. The van der Waals surface area contributed by atoms with Crippen LogP contribution in [0.3, 0.4) is 0 Å². The van der Waals surface area contributed by atoms with E-state index in [0.717, 1.165) is 22.1 Å². The van der Waals surface area contributed by atoms with Gasteiger partial charge in [-0.15, -0.1) is 10.2 Å². The van der Waals surface area contributed by atoms with Gasteiger partial charge in [0.05, 0.1) is 5.25 Å². The van der Waals surface area contributed by atoms with Crippen molar-refractivity contribution in [2.75, 3.05) is 0 Å². The average molecular weight is 399 g/mol. The van der Waals surface area contributed by atoms with Crippen molar-refractivity contribution in [2.24, 2.45) is 7.05 Å². The van der Waals surface area contributed by atoms with Gasteiger partial charge in [-0.3, -0.25) is 4.98 Å². The summed E-state index contributed by atoms with van der Waals surface area (Å²) in [5.74, 6) is 1.80. The summed E-state index contributed by atoms with van der Waals surface area (Å²) >= 11 is 7.53. The van der Waals surface area contributed by atoms with E-state index in [-0.39, 0.29) is 5.25 Å². The summed E-state index contributed by atoms with van der Waals surface area (Å²) < 4.78 is 7.37. The number of benzene rings is 1. The van der Waals surface area contributed by atoms with Crippen LogP contribution < -0.4 is 0 Å². The fourth-order valence-electron chi connectivity index (χ4n) is 2.52. The number of thioether (sulfide) groups is 1. The van der Waals surface area contributed by atoms with Gasteiger partial charge in [0.25, 0.3) is 0 Å². The Balaban J connectivity index is 1.53. The third-order valence-corrected chi connectivity index (χ3v) is 5.28. The zero-order valence-electron chi connectivity index (χ0n) is 14.6. The van der Waals surface area contributed by atoms with Crippen molar-refractivity contribution in [3.63, 3.8) is 0 Å². The van der Waals surface area contributed by atoms with E-state index in [1.807, 2.05) is 42.8 Å². The quantitative estimate of drug-likeness (QED) is 0.459. The number of nitrogens with zero attached hydrogens (tertiary/aromatic N) is 6. The molecule has 9 heteroatoms. The first kappa shape index (κ1) is 17.7. The monoisotopic (exact) mass is 398 g/mol. The van der Waals surface area contributed by atoms with E-state index >= 15 is 0 Å². The number of rotatable bonds is 5. The molecule has 0 saturated heterocycles. The number of hydrogen-bond acceptors (Lipinski definition) is 7. The average Bonchev–Trinajstić information content (AvgIpc) is 3.31. The van der Waals surface area contributed by atoms with Gasteiger partial charge in [-0.1, -0.05) is 40.7 Å². The van der Waals surface area contributed by atoms with Crippen LogP contribution in [0.15, 0.2) is 58.5 Å². The third-order valence-electron chi connectivity index (χ3n) is 3.93. The largest absolute Gasteiger partial charge is 0.338 e. The molecule has 0 bridgehead atoms. The molecule has 27 heavy (non-hydrogen) atoms. The normalized spacial score (nSPS) is 12.3. The van der Waals surface area contributed by atoms with E-state index < -0.39 is 0 Å². The van der Waals surface area contributed by atoms with Crippen LogP contribution in [0.5, 0.6) is 0 Å². The molecule has 0 N–H and O–H groups in total. The minimum Gasteiger partial charge on any atom is -0.338 e. The van der Waals surface area contributed by atoms with Gasteiger partial charge in [0, 0.05) is 35.6 Å². The summed E-state index contributed by atoms with van der Waals surface area (Å²) in [5.41, 5.74) is 1.77. The van der Waals surface area contributed by atoms with E-state index in [0.29, 0.717) is 16.7 Å². The second kappa shape index (κ2) is 7.50. The summed E-state index contributed by atoms with van der Waals surface area (Å²) in [6.07, 6.45) is 3.46. The van der Waals surface area contributed by atoms with Crippen LogP contribution in [-0.4, -0.2) is 29.9 Å². The molecule has 3 heterocycles. The van der Waals surface area contributed by atoms with Crippen LogP contribution in [0.1, 0.15) is 18.1 Å². The second-order valence-corrected chi connectivity index (χ2v) is 7.57. The molecular weight excluding hydrogens is 384 g/mol. The highest BCUT2D eigenvalue weighted by atomic mass is 35.5. The topological polar surface area (TPSA) is 82.5 Å². The maximum Gasteiger partial charge on any atom is 0.240 e. The highest BCUT2D eigenvalue weighted by Gasteiger charge is 2.20. The lowest BCUT2D eigenvalue weighted by molar-refractivity contribution is 0.380. The van der Waals surface area contributed by atoms with Crippen LogP contribution >= 0.6 is 23.4 Å². The molecule has 0 spiro atoms. The molecule has 1 unspecified atom stereocenters. The van der Waals surface area contributed by atoms with E-state index in [9.17, 15) is 0 Å². The van der Waals surface area contributed by atoms with Gasteiger partial charge < -0.3 is 9.09 Å². The number of pyridine rings is 1. The van der Waals surface area contributed by atoms with Crippen LogP contribution in [0.4, 0.5) is 0 Å². The molecule has 0 saturated carbocycles.